The van der Waals surface area contributed by atoms with Gasteiger partial charge >= 0.3 is 17.7 Å². The maximum atomic E-state index is 13.3. The number of ether oxygens (including phenoxy) is 1. The Hall–Kier alpha value is -4.42. The second kappa shape index (κ2) is 14.2. The summed E-state index contributed by atoms with van der Waals surface area (Å²) in [6.45, 7) is -0.334. The molecule has 1 unspecified atom stereocenters. The van der Waals surface area contributed by atoms with Gasteiger partial charge in [-0.2, -0.15) is 4.98 Å². The molecule has 1 aromatic heterocycles. The van der Waals surface area contributed by atoms with E-state index < -0.39 is 35.2 Å². The fourth-order valence-electron chi connectivity index (χ4n) is 4.80. The third kappa shape index (κ3) is 7.90. The predicted molar refractivity (Wildman–Crippen MR) is 161 cm³/mol. The molecular weight excluding hydrogens is 599 g/mol. The molecule has 226 valence electrons. The summed E-state index contributed by atoms with van der Waals surface area (Å²) in [5.41, 5.74) is -1.40. The number of anilines is 2. The van der Waals surface area contributed by atoms with Crippen LogP contribution in [0.2, 0.25) is 10.0 Å². The number of rotatable bonds is 9. The highest BCUT2D eigenvalue weighted by Crippen LogP contribution is 2.30. The minimum atomic E-state index is -1.30. The van der Waals surface area contributed by atoms with E-state index in [0.717, 1.165) is 30.9 Å². The predicted octanol–water partition coefficient (Wildman–Crippen LogP) is 3.98. The molecule has 3 aromatic rings. The Labute approximate surface area is 257 Å². The van der Waals surface area contributed by atoms with Gasteiger partial charge in [0, 0.05) is 11.9 Å². The fraction of sp³-hybridized carbons (Fsp3) is 0.310. The number of urea groups is 1. The maximum absolute atomic E-state index is 13.3. The number of hydrogen-bond acceptors (Lipinski definition) is 7. The monoisotopic (exact) mass is 628 g/mol. The zero-order valence-electron chi connectivity index (χ0n) is 23.2. The van der Waals surface area contributed by atoms with Gasteiger partial charge in [0.2, 0.25) is 5.91 Å². The van der Waals surface area contributed by atoms with E-state index in [1.165, 1.54) is 24.4 Å². The smallest absolute Gasteiger partial charge is 0.349 e. The van der Waals surface area contributed by atoms with Crippen LogP contribution in [0.15, 0.2) is 65.6 Å². The molecule has 1 aliphatic rings. The van der Waals surface area contributed by atoms with Crippen LogP contribution < -0.4 is 27.0 Å². The molecule has 1 atom stereocenters. The first-order chi connectivity index (χ1) is 20.6. The van der Waals surface area contributed by atoms with Crippen LogP contribution in [0.3, 0.4) is 0 Å². The Balaban J connectivity index is 1.46. The van der Waals surface area contributed by atoms with Gasteiger partial charge in [0.15, 0.2) is 0 Å². The largest absolute Gasteiger partial charge is 0.467 e. The van der Waals surface area contributed by atoms with Crippen LogP contribution in [0.1, 0.15) is 42.5 Å². The minimum Gasteiger partial charge on any atom is -0.467 e. The van der Waals surface area contributed by atoms with Crippen LogP contribution in [-0.4, -0.2) is 52.1 Å². The van der Waals surface area contributed by atoms with Crippen LogP contribution >= 0.6 is 23.2 Å². The number of nitrogens with one attached hydrogen (secondary N) is 4. The maximum Gasteiger partial charge on any atom is 0.349 e. The van der Waals surface area contributed by atoms with Crippen molar-refractivity contribution >= 4 is 58.5 Å². The van der Waals surface area contributed by atoms with E-state index in [0.29, 0.717) is 18.5 Å². The molecule has 12 nitrogen and oxygen atoms in total. The van der Waals surface area contributed by atoms with Crippen LogP contribution in [0.25, 0.3) is 0 Å². The topological polar surface area (TPSA) is 161 Å². The summed E-state index contributed by atoms with van der Waals surface area (Å²) in [6, 6.07) is 12.7. The summed E-state index contributed by atoms with van der Waals surface area (Å²) in [7, 11) is 1.14. The van der Waals surface area contributed by atoms with Crippen molar-refractivity contribution in [2.45, 2.75) is 50.2 Å². The molecule has 1 fully saturated rings. The van der Waals surface area contributed by atoms with E-state index in [9.17, 15) is 24.0 Å². The molecule has 43 heavy (non-hydrogen) atoms. The van der Waals surface area contributed by atoms with E-state index >= 15 is 0 Å². The number of halogens is 2. The van der Waals surface area contributed by atoms with Crippen molar-refractivity contribution in [3.63, 3.8) is 0 Å². The summed E-state index contributed by atoms with van der Waals surface area (Å²) in [6.07, 6.45) is 4.51. The van der Waals surface area contributed by atoms with Gasteiger partial charge < -0.3 is 26.0 Å². The van der Waals surface area contributed by atoms with Crippen molar-refractivity contribution in [3.05, 3.63) is 86.9 Å². The average molecular weight is 630 g/mol. The molecule has 0 bridgehead atoms. The minimum absolute atomic E-state index is 0.0194. The molecule has 1 saturated carbocycles. The summed E-state index contributed by atoms with van der Waals surface area (Å²) < 4.78 is 5.90. The van der Waals surface area contributed by atoms with Gasteiger partial charge in [0.1, 0.15) is 17.4 Å². The molecule has 0 saturated heterocycles. The summed E-state index contributed by atoms with van der Waals surface area (Å²) >= 11 is 12.2. The molecule has 1 aliphatic carbocycles. The molecule has 4 N–H and O–H groups in total. The number of methoxy groups -OCH3 is 1. The lowest BCUT2D eigenvalue weighted by atomic mass is 9.81. The molecule has 1 heterocycles. The first kappa shape index (κ1) is 31.5. The lowest BCUT2D eigenvalue weighted by molar-refractivity contribution is -0.143. The third-order valence-electron chi connectivity index (χ3n) is 7.00. The fourth-order valence-corrected chi connectivity index (χ4v) is 5.37. The van der Waals surface area contributed by atoms with Crippen LogP contribution in [0, 0.1) is 0 Å². The van der Waals surface area contributed by atoms with E-state index in [1.807, 2.05) is 6.07 Å². The van der Waals surface area contributed by atoms with Gasteiger partial charge in [-0.25, -0.2) is 14.4 Å². The normalized spacial score (nSPS) is 14.6. The number of nitrogens with zero attached hydrogens (tertiary/aromatic N) is 2. The van der Waals surface area contributed by atoms with Crippen LogP contribution in [-0.2, 0) is 20.9 Å². The SMILES string of the molecule is COC(=O)C(Cn1ccc(NC(=O)c2c(Cl)cccc2Cl)nc1=O)NC(=O)NC1(C(=O)Nc2ccccc2)CCCCC1. The van der Waals surface area contributed by atoms with Crippen molar-refractivity contribution in [1.82, 2.24) is 20.2 Å². The van der Waals surface area contributed by atoms with Crippen molar-refractivity contribution in [1.29, 1.82) is 0 Å². The third-order valence-corrected chi connectivity index (χ3v) is 7.63. The molecule has 0 spiro atoms. The molecule has 14 heteroatoms. The van der Waals surface area contributed by atoms with E-state index in [1.54, 1.807) is 30.3 Å². The van der Waals surface area contributed by atoms with E-state index in [-0.39, 0.29) is 33.9 Å². The summed E-state index contributed by atoms with van der Waals surface area (Å²) in [4.78, 5) is 68.3. The van der Waals surface area contributed by atoms with Crippen molar-refractivity contribution in [2.24, 2.45) is 0 Å². The quantitative estimate of drug-likeness (QED) is 0.261. The van der Waals surface area contributed by atoms with Crippen LogP contribution in [0.5, 0.6) is 0 Å². The Kier molecular flexibility index (Phi) is 10.4. The number of carbonyl (C=O) groups excluding carboxylic acids is 4. The lowest BCUT2D eigenvalue weighted by Crippen LogP contribution is -2.61. The summed E-state index contributed by atoms with van der Waals surface area (Å²) in [5, 5.41) is 10.9. The molecule has 0 aliphatic heterocycles. The molecular formula is C29H30Cl2N6O6. The number of amides is 4. The number of esters is 1. The number of benzene rings is 2. The number of hydrogen-bond donors (Lipinski definition) is 4. The zero-order chi connectivity index (χ0) is 31.0. The number of para-hydroxylation sites is 1. The second-order valence-electron chi connectivity index (χ2n) is 9.94. The van der Waals surface area contributed by atoms with Crippen molar-refractivity contribution in [2.75, 3.05) is 17.7 Å². The van der Waals surface area contributed by atoms with Gasteiger partial charge in [-0.05, 0) is 43.2 Å². The van der Waals surface area contributed by atoms with Gasteiger partial charge in [-0.3, -0.25) is 14.2 Å². The van der Waals surface area contributed by atoms with Gasteiger partial charge in [-0.1, -0.05) is 66.7 Å². The molecule has 4 amide bonds. The highest BCUT2D eigenvalue weighted by Gasteiger charge is 2.41. The van der Waals surface area contributed by atoms with Crippen molar-refractivity contribution < 1.29 is 23.9 Å². The first-order valence-corrected chi connectivity index (χ1v) is 14.2. The number of aromatic nitrogens is 2. The Morgan fingerprint density at radius 2 is 1.63 bits per heavy atom. The molecule has 2 aromatic carbocycles. The van der Waals surface area contributed by atoms with Crippen LogP contribution in [0.4, 0.5) is 16.3 Å². The zero-order valence-corrected chi connectivity index (χ0v) is 24.7. The first-order valence-electron chi connectivity index (χ1n) is 13.5. The highest BCUT2D eigenvalue weighted by molar-refractivity contribution is 6.40. The Bertz CT molecular complexity index is 1540. The average Bonchev–Trinajstić information content (AvgIpc) is 2.98. The Morgan fingerprint density at radius 3 is 2.26 bits per heavy atom. The Morgan fingerprint density at radius 1 is 0.953 bits per heavy atom. The standard InChI is InChI=1S/C29H30Cl2N6O6/c1-43-25(39)21(17-37-16-13-22(35-28(37)42)34-24(38)23-19(30)11-8-12-20(23)31)33-27(41)36-29(14-6-3-7-15-29)26(40)32-18-9-4-2-5-10-18/h2,4-5,8-13,16,21H,3,6-7,14-15,17H2,1H3,(H,32,40)(H2,33,36,41)(H,34,35,38,42). The highest BCUT2D eigenvalue weighted by atomic mass is 35.5. The molecule has 0 radical (unpaired) electrons. The van der Waals surface area contributed by atoms with Gasteiger partial charge in [0.05, 0.1) is 29.3 Å². The number of carbonyl (C=O) groups is 4. The van der Waals surface area contributed by atoms with E-state index in [4.69, 9.17) is 27.9 Å². The van der Waals surface area contributed by atoms with E-state index in [2.05, 4.69) is 26.3 Å². The second-order valence-corrected chi connectivity index (χ2v) is 10.8. The lowest BCUT2D eigenvalue weighted by Gasteiger charge is -2.37. The van der Waals surface area contributed by atoms with Crippen molar-refractivity contribution in [3.8, 4) is 0 Å². The summed E-state index contributed by atoms with van der Waals surface area (Å²) in [5.74, 6) is -1.93. The van der Waals surface area contributed by atoms with Gasteiger partial charge in [-0.15, -0.1) is 0 Å². The van der Waals surface area contributed by atoms with Gasteiger partial charge in [0.25, 0.3) is 5.91 Å². The molecule has 4 rings (SSSR count).